The monoisotopic (exact) mass is 234 g/mol. The fraction of sp³-hybridized carbons (Fsp3) is 1.00. The van der Waals surface area contributed by atoms with E-state index in [1.807, 2.05) is 6.92 Å². The molecule has 2 atom stereocenters. The van der Waals surface area contributed by atoms with Gasteiger partial charge in [0.2, 0.25) is 0 Å². The molecule has 0 heterocycles. The number of aliphatic hydroxyl groups is 4. The minimum atomic E-state index is -1.10. The normalized spacial score (nSPS) is 25.1. The Morgan fingerprint density at radius 3 is 1.81 bits per heavy atom. The van der Waals surface area contributed by atoms with E-state index in [1.54, 1.807) is 0 Å². The first kappa shape index (κ1) is 15.8. The van der Waals surface area contributed by atoms with Crippen LogP contribution in [0.4, 0.5) is 0 Å². The lowest BCUT2D eigenvalue weighted by molar-refractivity contribution is -0.0453. The van der Waals surface area contributed by atoms with Gasteiger partial charge in [-0.3, -0.25) is 0 Å². The van der Waals surface area contributed by atoms with E-state index in [-0.39, 0.29) is 0 Å². The van der Waals surface area contributed by atoms with Crippen LogP contribution < -0.4 is 0 Å². The third-order valence-electron chi connectivity index (χ3n) is 2.95. The van der Waals surface area contributed by atoms with Gasteiger partial charge in [-0.1, -0.05) is 19.8 Å². The van der Waals surface area contributed by atoms with Crippen LogP contribution in [-0.4, -0.2) is 39.9 Å². The molecule has 1 aliphatic rings. The largest absolute Gasteiger partial charge is 0.396 e. The van der Waals surface area contributed by atoms with Crippen LogP contribution in [0.1, 0.15) is 45.4 Å². The predicted octanol–water partition coefficient (Wildman–Crippen LogP) is 0.875. The lowest BCUT2D eigenvalue weighted by Crippen LogP contribution is -2.20. The fourth-order valence-electron chi connectivity index (χ4n) is 1.99. The second kappa shape index (κ2) is 10.0. The molecule has 0 aromatic heterocycles. The van der Waals surface area contributed by atoms with Gasteiger partial charge in [0.1, 0.15) is 0 Å². The quantitative estimate of drug-likeness (QED) is 0.544. The number of rotatable bonds is 4. The van der Waals surface area contributed by atoms with E-state index in [9.17, 15) is 0 Å². The molecule has 1 fully saturated rings. The summed E-state index contributed by atoms with van der Waals surface area (Å²) in [6.07, 6.45) is 4.70. The van der Waals surface area contributed by atoms with Crippen LogP contribution >= 0.6 is 0 Å². The standard InChI is InChI=1S/C8H16O2.C4H10O2/c9-5-7-2-1-3-8(4-7)6-10;1-2-3-4(5)6/h7-10H,1-6H2;4-6H,2-3H2,1H3. The van der Waals surface area contributed by atoms with E-state index in [0.717, 1.165) is 25.7 Å². The van der Waals surface area contributed by atoms with Gasteiger partial charge in [0, 0.05) is 13.2 Å². The van der Waals surface area contributed by atoms with Crippen molar-refractivity contribution in [3.05, 3.63) is 0 Å². The lowest BCUT2D eigenvalue weighted by atomic mass is 9.82. The first-order valence-electron chi connectivity index (χ1n) is 6.21. The van der Waals surface area contributed by atoms with Crippen LogP contribution in [0, 0.1) is 11.8 Å². The summed E-state index contributed by atoms with van der Waals surface area (Å²) >= 11 is 0. The molecule has 1 saturated carbocycles. The summed E-state index contributed by atoms with van der Waals surface area (Å²) in [5.41, 5.74) is 0. The Hall–Kier alpha value is -0.160. The van der Waals surface area contributed by atoms with Crippen molar-refractivity contribution in [1.29, 1.82) is 0 Å². The molecule has 16 heavy (non-hydrogen) atoms. The maximum absolute atomic E-state index is 8.82. The van der Waals surface area contributed by atoms with Crippen LogP contribution in [0.25, 0.3) is 0 Å². The number of hydrogen-bond donors (Lipinski definition) is 4. The zero-order valence-electron chi connectivity index (χ0n) is 10.2. The Kier molecular flexibility index (Phi) is 9.92. The van der Waals surface area contributed by atoms with E-state index in [4.69, 9.17) is 20.4 Å². The minimum Gasteiger partial charge on any atom is -0.396 e. The molecule has 1 rings (SSSR count). The van der Waals surface area contributed by atoms with Gasteiger partial charge in [0.05, 0.1) is 0 Å². The second-order valence-corrected chi connectivity index (χ2v) is 4.53. The first-order valence-corrected chi connectivity index (χ1v) is 6.21. The average molecular weight is 234 g/mol. The van der Waals surface area contributed by atoms with E-state index < -0.39 is 6.29 Å². The maximum atomic E-state index is 8.82. The van der Waals surface area contributed by atoms with Crippen molar-refractivity contribution in [2.75, 3.05) is 13.2 Å². The van der Waals surface area contributed by atoms with Gasteiger partial charge in [0.15, 0.2) is 6.29 Å². The van der Waals surface area contributed by atoms with E-state index in [2.05, 4.69) is 0 Å². The van der Waals surface area contributed by atoms with E-state index in [0.29, 0.717) is 31.5 Å². The van der Waals surface area contributed by atoms with Crippen LogP contribution in [-0.2, 0) is 0 Å². The molecular weight excluding hydrogens is 208 g/mol. The maximum Gasteiger partial charge on any atom is 0.151 e. The van der Waals surface area contributed by atoms with Gasteiger partial charge in [-0.05, 0) is 37.5 Å². The molecule has 0 radical (unpaired) electrons. The van der Waals surface area contributed by atoms with E-state index in [1.165, 1.54) is 6.42 Å². The molecule has 0 amide bonds. The molecule has 4 heteroatoms. The summed E-state index contributed by atoms with van der Waals surface area (Å²) in [5.74, 6) is 0.928. The van der Waals surface area contributed by atoms with Crippen molar-refractivity contribution in [3.63, 3.8) is 0 Å². The molecule has 0 bridgehead atoms. The second-order valence-electron chi connectivity index (χ2n) is 4.53. The summed E-state index contributed by atoms with van der Waals surface area (Å²) in [7, 11) is 0. The summed E-state index contributed by atoms with van der Waals surface area (Å²) in [5, 5.41) is 33.9. The SMILES string of the molecule is CCCC(O)O.OCC1CCCC(CO)C1. The van der Waals surface area contributed by atoms with Crippen LogP contribution in [0.3, 0.4) is 0 Å². The number of aliphatic hydroxyl groups excluding tert-OH is 3. The summed E-state index contributed by atoms with van der Waals surface area (Å²) in [6.45, 7) is 2.51. The van der Waals surface area contributed by atoms with Crippen molar-refractivity contribution >= 4 is 0 Å². The zero-order chi connectivity index (χ0) is 12.4. The summed E-state index contributed by atoms with van der Waals surface area (Å²) in [4.78, 5) is 0. The van der Waals surface area contributed by atoms with E-state index >= 15 is 0 Å². The highest BCUT2D eigenvalue weighted by molar-refractivity contribution is 4.71. The Balaban J connectivity index is 0.000000325. The zero-order valence-corrected chi connectivity index (χ0v) is 10.2. The Bertz CT molecular complexity index is 140. The Morgan fingerprint density at radius 1 is 1.06 bits per heavy atom. The summed E-state index contributed by atoms with van der Waals surface area (Å²) in [6, 6.07) is 0. The molecule has 4 N–H and O–H groups in total. The molecule has 2 unspecified atom stereocenters. The Labute approximate surface area is 97.9 Å². The fourth-order valence-corrected chi connectivity index (χ4v) is 1.99. The smallest absolute Gasteiger partial charge is 0.151 e. The average Bonchev–Trinajstić information content (AvgIpc) is 2.29. The summed E-state index contributed by atoms with van der Waals surface area (Å²) < 4.78 is 0. The van der Waals surface area contributed by atoms with Crippen molar-refractivity contribution in [3.8, 4) is 0 Å². The topological polar surface area (TPSA) is 80.9 Å². The van der Waals surface area contributed by atoms with Crippen LogP contribution in [0.15, 0.2) is 0 Å². The first-order chi connectivity index (χ1) is 7.63. The molecule has 4 nitrogen and oxygen atoms in total. The molecule has 0 saturated heterocycles. The highest BCUT2D eigenvalue weighted by Crippen LogP contribution is 2.27. The van der Waals surface area contributed by atoms with Crippen molar-refractivity contribution < 1.29 is 20.4 Å². The van der Waals surface area contributed by atoms with Gasteiger partial charge in [-0.25, -0.2) is 0 Å². The minimum absolute atomic E-state index is 0.302. The predicted molar refractivity (Wildman–Crippen MR) is 62.8 cm³/mol. The van der Waals surface area contributed by atoms with Gasteiger partial charge in [0.25, 0.3) is 0 Å². The van der Waals surface area contributed by atoms with Crippen molar-refractivity contribution in [2.24, 2.45) is 11.8 Å². The molecule has 0 aromatic rings. The highest BCUT2D eigenvalue weighted by atomic mass is 16.5. The third-order valence-corrected chi connectivity index (χ3v) is 2.95. The van der Waals surface area contributed by atoms with Gasteiger partial charge < -0.3 is 20.4 Å². The van der Waals surface area contributed by atoms with Gasteiger partial charge in [-0.15, -0.1) is 0 Å². The third kappa shape index (κ3) is 8.05. The van der Waals surface area contributed by atoms with Crippen molar-refractivity contribution in [1.82, 2.24) is 0 Å². The van der Waals surface area contributed by atoms with Crippen LogP contribution in [0.2, 0.25) is 0 Å². The van der Waals surface area contributed by atoms with Crippen LogP contribution in [0.5, 0.6) is 0 Å². The number of hydrogen-bond acceptors (Lipinski definition) is 4. The molecular formula is C12H26O4. The highest BCUT2D eigenvalue weighted by Gasteiger charge is 2.20. The molecule has 0 aliphatic heterocycles. The van der Waals surface area contributed by atoms with Gasteiger partial charge in [-0.2, -0.15) is 0 Å². The Morgan fingerprint density at radius 2 is 1.56 bits per heavy atom. The van der Waals surface area contributed by atoms with Crippen molar-refractivity contribution in [2.45, 2.75) is 51.7 Å². The molecule has 98 valence electrons. The molecule has 0 spiro atoms. The molecule has 1 aliphatic carbocycles. The molecule has 0 aromatic carbocycles. The van der Waals surface area contributed by atoms with Gasteiger partial charge >= 0.3 is 0 Å². The lowest BCUT2D eigenvalue weighted by Gasteiger charge is -2.26.